The molecule has 5 rings (SSSR count). The summed E-state index contributed by atoms with van der Waals surface area (Å²) in [4.78, 5) is 31.7. The quantitative estimate of drug-likeness (QED) is 0.552. The molecule has 1 heterocycles. The third-order valence-corrected chi connectivity index (χ3v) is 7.24. The molecule has 3 atom stereocenters. The molecule has 170 valence electrons. The van der Waals surface area contributed by atoms with Crippen LogP contribution in [0.1, 0.15) is 68.4 Å². The van der Waals surface area contributed by atoms with Crippen molar-refractivity contribution in [2.75, 3.05) is 0 Å². The summed E-state index contributed by atoms with van der Waals surface area (Å²) in [5.41, 5.74) is 3.20. The van der Waals surface area contributed by atoms with E-state index in [0.717, 1.165) is 31.2 Å². The van der Waals surface area contributed by atoms with Crippen LogP contribution in [-0.4, -0.2) is 23.6 Å². The van der Waals surface area contributed by atoms with E-state index in [1.807, 2.05) is 30.3 Å². The Balaban J connectivity index is 1.56. The van der Waals surface area contributed by atoms with Gasteiger partial charge in [0, 0.05) is 29.3 Å². The van der Waals surface area contributed by atoms with E-state index < -0.39 is 23.6 Å². The van der Waals surface area contributed by atoms with Crippen LogP contribution in [-0.2, 0) is 14.3 Å². The highest BCUT2D eigenvalue weighted by molar-refractivity contribution is 6.09. The molecule has 0 radical (unpaired) electrons. The molecule has 5 heteroatoms. The largest absolute Gasteiger partial charge is 0.462 e. The third kappa shape index (κ3) is 4.17. The predicted molar refractivity (Wildman–Crippen MR) is 125 cm³/mol. The number of Topliss-reactive ketones (excluding diaryl/α,β-unsaturated/α-hetero) is 1. The van der Waals surface area contributed by atoms with Crippen LogP contribution in [0.25, 0.3) is 0 Å². The Kier molecular flexibility index (Phi) is 5.96. The molecule has 1 unspecified atom stereocenters. The number of halogens is 1. The smallest absolute Gasteiger partial charge is 0.315 e. The van der Waals surface area contributed by atoms with Crippen LogP contribution in [0.2, 0.25) is 0 Å². The second kappa shape index (κ2) is 9.05. The number of aliphatic imine (C=N–C) groups is 1. The highest BCUT2D eigenvalue weighted by atomic mass is 19.1. The first kappa shape index (κ1) is 21.7. The van der Waals surface area contributed by atoms with E-state index in [-0.39, 0.29) is 17.8 Å². The van der Waals surface area contributed by atoms with Gasteiger partial charge in [0.1, 0.15) is 17.8 Å². The van der Waals surface area contributed by atoms with E-state index in [1.165, 1.54) is 6.07 Å². The second-order valence-corrected chi connectivity index (χ2v) is 9.37. The van der Waals surface area contributed by atoms with Crippen molar-refractivity contribution in [1.82, 2.24) is 0 Å². The molecule has 1 fully saturated rings. The fraction of sp³-hybridized carbons (Fsp3) is 0.393. The molecule has 2 aromatic rings. The number of carbonyl (C=O) groups excluding carboxylic acids is 2. The minimum atomic E-state index is -0.793. The molecule has 0 saturated heterocycles. The Labute approximate surface area is 193 Å². The summed E-state index contributed by atoms with van der Waals surface area (Å²) in [6.45, 7) is 1.80. The van der Waals surface area contributed by atoms with Gasteiger partial charge in [-0.3, -0.25) is 14.6 Å². The summed E-state index contributed by atoms with van der Waals surface area (Å²) in [6.07, 6.45) is 4.61. The Bertz CT molecular complexity index is 1130. The number of rotatable bonds is 4. The topological polar surface area (TPSA) is 55.7 Å². The number of ketones is 1. The number of hydrogen-bond acceptors (Lipinski definition) is 4. The maximum atomic E-state index is 15.0. The lowest BCUT2D eigenvalue weighted by Crippen LogP contribution is -2.39. The molecule has 0 bridgehead atoms. The van der Waals surface area contributed by atoms with Crippen LogP contribution in [0.5, 0.6) is 0 Å². The number of esters is 1. The standard InChI is InChI=1S/C28H28FNO3/c1-17-25(28(32)33-20-11-5-6-12-20)26(21-13-7-8-14-22(21)29)27-23(30-17)15-19(16-24(27)31)18-9-3-2-4-10-18/h2-4,7-10,13-14,19-20,25-26H,5-6,11-12,15-16H2,1H3/t19-,25?,26-/m0/s1. The van der Waals surface area contributed by atoms with Gasteiger partial charge in [-0.25, -0.2) is 4.39 Å². The van der Waals surface area contributed by atoms with Crippen molar-refractivity contribution in [3.63, 3.8) is 0 Å². The van der Waals surface area contributed by atoms with Crippen LogP contribution in [0.15, 0.2) is 70.9 Å². The predicted octanol–water partition coefficient (Wildman–Crippen LogP) is 5.89. The highest BCUT2D eigenvalue weighted by Crippen LogP contribution is 2.47. The maximum Gasteiger partial charge on any atom is 0.315 e. The van der Waals surface area contributed by atoms with Gasteiger partial charge in [0.05, 0.1) is 0 Å². The van der Waals surface area contributed by atoms with Crippen molar-refractivity contribution in [2.24, 2.45) is 10.9 Å². The van der Waals surface area contributed by atoms with Crippen molar-refractivity contribution in [3.8, 4) is 0 Å². The van der Waals surface area contributed by atoms with Crippen LogP contribution in [0.3, 0.4) is 0 Å². The van der Waals surface area contributed by atoms with Gasteiger partial charge in [-0.1, -0.05) is 48.5 Å². The zero-order valence-corrected chi connectivity index (χ0v) is 18.8. The van der Waals surface area contributed by atoms with Crippen molar-refractivity contribution >= 4 is 17.5 Å². The SMILES string of the molecule is CC1=NC2=C(C(=O)C[C@@H](c3ccccc3)C2)[C@@H](c2ccccc2F)C1C(=O)OC1CCCC1. The van der Waals surface area contributed by atoms with Gasteiger partial charge < -0.3 is 4.74 Å². The molecule has 33 heavy (non-hydrogen) atoms. The van der Waals surface area contributed by atoms with Crippen LogP contribution in [0.4, 0.5) is 4.39 Å². The number of allylic oxidation sites excluding steroid dienone is 2. The molecule has 1 saturated carbocycles. The first-order chi connectivity index (χ1) is 16.0. The molecule has 4 nitrogen and oxygen atoms in total. The van der Waals surface area contributed by atoms with Crippen LogP contribution < -0.4 is 0 Å². The van der Waals surface area contributed by atoms with Crippen molar-refractivity contribution in [1.29, 1.82) is 0 Å². The van der Waals surface area contributed by atoms with E-state index in [9.17, 15) is 9.59 Å². The molecule has 3 aliphatic rings. The average molecular weight is 446 g/mol. The Morgan fingerprint density at radius 3 is 2.42 bits per heavy atom. The fourth-order valence-corrected chi connectivity index (χ4v) is 5.63. The maximum absolute atomic E-state index is 15.0. The summed E-state index contributed by atoms with van der Waals surface area (Å²) < 4.78 is 20.9. The summed E-state index contributed by atoms with van der Waals surface area (Å²) in [5.74, 6) is -2.36. The van der Waals surface area contributed by atoms with Gasteiger partial charge in [0.25, 0.3) is 0 Å². The Hall–Kier alpha value is -3.08. The normalized spacial score (nSPS) is 25.6. The van der Waals surface area contributed by atoms with E-state index in [0.29, 0.717) is 35.4 Å². The molecule has 2 aliphatic carbocycles. The van der Waals surface area contributed by atoms with Gasteiger partial charge in [0.2, 0.25) is 0 Å². The number of ether oxygens (including phenoxy) is 1. The minimum absolute atomic E-state index is 0.0252. The number of nitrogens with zero attached hydrogens (tertiary/aromatic N) is 1. The zero-order valence-electron chi connectivity index (χ0n) is 18.8. The van der Waals surface area contributed by atoms with E-state index in [4.69, 9.17) is 9.73 Å². The zero-order chi connectivity index (χ0) is 22.9. The molecular formula is C28H28FNO3. The average Bonchev–Trinajstić information content (AvgIpc) is 3.32. The first-order valence-electron chi connectivity index (χ1n) is 11.8. The number of carbonyl (C=O) groups is 2. The molecule has 1 aliphatic heterocycles. The van der Waals surface area contributed by atoms with Gasteiger partial charge in [-0.15, -0.1) is 0 Å². The minimum Gasteiger partial charge on any atom is -0.462 e. The highest BCUT2D eigenvalue weighted by Gasteiger charge is 2.46. The Morgan fingerprint density at radius 1 is 1.00 bits per heavy atom. The summed E-state index contributed by atoms with van der Waals surface area (Å²) >= 11 is 0. The van der Waals surface area contributed by atoms with Crippen molar-refractivity contribution < 1.29 is 18.7 Å². The van der Waals surface area contributed by atoms with Gasteiger partial charge >= 0.3 is 5.97 Å². The van der Waals surface area contributed by atoms with E-state index in [1.54, 1.807) is 25.1 Å². The lowest BCUT2D eigenvalue weighted by molar-refractivity contribution is -0.151. The molecule has 2 aromatic carbocycles. The van der Waals surface area contributed by atoms with Crippen molar-refractivity contribution in [3.05, 3.63) is 82.8 Å². The van der Waals surface area contributed by atoms with E-state index in [2.05, 4.69) is 0 Å². The number of benzene rings is 2. The van der Waals surface area contributed by atoms with Crippen LogP contribution >= 0.6 is 0 Å². The van der Waals surface area contributed by atoms with Crippen LogP contribution in [0, 0.1) is 11.7 Å². The fourth-order valence-electron chi connectivity index (χ4n) is 5.63. The molecule has 0 N–H and O–H groups in total. The molecule has 0 amide bonds. The third-order valence-electron chi connectivity index (χ3n) is 7.24. The van der Waals surface area contributed by atoms with Crippen molar-refractivity contribution in [2.45, 2.75) is 63.4 Å². The summed E-state index contributed by atoms with van der Waals surface area (Å²) in [6, 6.07) is 16.4. The lowest BCUT2D eigenvalue weighted by atomic mass is 9.69. The van der Waals surface area contributed by atoms with Gasteiger partial charge in [-0.05, 0) is 62.1 Å². The first-order valence-corrected chi connectivity index (χ1v) is 11.8. The number of hydrogen-bond donors (Lipinski definition) is 0. The molecule has 0 spiro atoms. The summed E-state index contributed by atoms with van der Waals surface area (Å²) in [5, 5.41) is 0. The molecule has 0 aromatic heterocycles. The molecular weight excluding hydrogens is 417 g/mol. The van der Waals surface area contributed by atoms with Gasteiger partial charge in [-0.2, -0.15) is 0 Å². The van der Waals surface area contributed by atoms with Gasteiger partial charge in [0.15, 0.2) is 5.78 Å². The lowest BCUT2D eigenvalue weighted by Gasteiger charge is -2.37. The van der Waals surface area contributed by atoms with E-state index >= 15 is 4.39 Å². The second-order valence-electron chi connectivity index (χ2n) is 9.37. The summed E-state index contributed by atoms with van der Waals surface area (Å²) in [7, 11) is 0. The Morgan fingerprint density at radius 2 is 1.70 bits per heavy atom. The monoisotopic (exact) mass is 445 g/mol.